The zero-order chi connectivity index (χ0) is 22.6. The van der Waals surface area contributed by atoms with E-state index >= 15 is 0 Å². The molecule has 0 fully saturated rings. The van der Waals surface area contributed by atoms with Gasteiger partial charge in [0.15, 0.2) is 5.90 Å². The Hall–Kier alpha value is -3.68. The molecule has 0 saturated heterocycles. The first-order valence-electron chi connectivity index (χ1n) is 9.14. The maximum Gasteiger partial charge on any atom is 0.345 e. The van der Waals surface area contributed by atoms with Crippen molar-refractivity contribution in [2.24, 2.45) is 0 Å². The van der Waals surface area contributed by atoms with E-state index in [1.54, 1.807) is 27.7 Å². The zero-order valence-electron chi connectivity index (χ0n) is 17.2. The molecule has 2 aromatic rings. The average molecular weight is 413 g/mol. The summed E-state index contributed by atoms with van der Waals surface area (Å²) < 4.78 is 9.66. The molecule has 0 aromatic heterocycles. The van der Waals surface area contributed by atoms with E-state index in [1.165, 1.54) is 24.3 Å². The number of phenolic OH excluding ortho intramolecular Hbond substituents is 2. The van der Waals surface area contributed by atoms with Crippen LogP contribution in [0.3, 0.4) is 0 Å². The standard InChI is InChI=1S/C22H23NO7/c1-11-7-15(8-12(2)19(11)25)21(27)29-17(23)5-6-18(24)30-22(28)16-9-13(3)20(26)14(4)10-16/h7-10,23,25-26H,5-6H2,1-4H3. The highest BCUT2D eigenvalue weighted by Crippen LogP contribution is 2.24. The Morgan fingerprint density at radius 2 is 1.10 bits per heavy atom. The maximum atomic E-state index is 12.1. The van der Waals surface area contributed by atoms with Crippen LogP contribution in [-0.4, -0.2) is 34.0 Å². The van der Waals surface area contributed by atoms with Crippen LogP contribution in [0.1, 0.15) is 55.8 Å². The molecule has 0 aliphatic heterocycles. The Bertz CT molecular complexity index is 910. The van der Waals surface area contributed by atoms with Crippen molar-refractivity contribution in [2.75, 3.05) is 0 Å². The Morgan fingerprint density at radius 1 is 0.733 bits per heavy atom. The lowest BCUT2D eigenvalue weighted by molar-refractivity contribution is -0.137. The van der Waals surface area contributed by atoms with E-state index in [2.05, 4.69) is 0 Å². The maximum absolute atomic E-state index is 12.1. The first-order chi connectivity index (χ1) is 14.0. The highest BCUT2D eigenvalue weighted by Gasteiger charge is 2.18. The van der Waals surface area contributed by atoms with Crippen LogP contribution < -0.4 is 0 Å². The summed E-state index contributed by atoms with van der Waals surface area (Å²) in [6.07, 6.45) is -0.566. The number of rotatable bonds is 5. The fourth-order valence-electron chi connectivity index (χ4n) is 2.80. The second kappa shape index (κ2) is 9.21. The Labute approximate surface area is 173 Å². The van der Waals surface area contributed by atoms with E-state index in [0.717, 1.165) is 0 Å². The van der Waals surface area contributed by atoms with E-state index in [-0.39, 0.29) is 35.5 Å². The Morgan fingerprint density at radius 3 is 1.50 bits per heavy atom. The first kappa shape index (κ1) is 22.6. The smallest absolute Gasteiger partial charge is 0.345 e. The topological polar surface area (TPSA) is 134 Å². The van der Waals surface area contributed by atoms with Gasteiger partial charge >= 0.3 is 17.9 Å². The van der Waals surface area contributed by atoms with Gasteiger partial charge in [-0.3, -0.25) is 10.2 Å². The lowest BCUT2D eigenvalue weighted by atomic mass is 10.1. The molecule has 8 nitrogen and oxygen atoms in total. The van der Waals surface area contributed by atoms with Gasteiger partial charge in [0.1, 0.15) is 11.5 Å². The normalized spacial score (nSPS) is 10.4. The summed E-state index contributed by atoms with van der Waals surface area (Å²) in [6.45, 7) is 6.50. The summed E-state index contributed by atoms with van der Waals surface area (Å²) in [5.41, 5.74) is 2.23. The number of esters is 3. The van der Waals surface area contributed by atoms with Crippen molar-refractivity contribution in [1.29, 1.82) is 5.41 Å². The van der Waals surface area contributed by atoms with E-state index in [1.807, 2.05) is 0 Å². The molecular formula is C22H23NO7. The third kappa shape index (κ3) is 5.44. The van der Waals surface area contributed by atoms with Crippen molar-refractivity contribution in [3.05, 3.63) is 57.6 Å². The fourth-order valence-corrected chi connectivity index (χ4v) is 2.80. The van der Waals surface area contributed by atoms with Gasteiger partial charge in [-0.15, -0.1) is 0 Å². The van der Waals surface area contributed by atoms with Crippen LogP contribution in [0.2, 0.25) is 0 Å². The number of ether oxygens (including phenoxy) is 2. The van der Waals surface area contributed by atoms with Crippen molar-refractivity contribution in [3.8, 4) is 11.5 Å². The van der Waals surface area contributed by atoms with E-state index in [0.29, 0.717) is 22.3 Å². The van der Waals surface area contributed by atoms with Crippen molar-refractivity contribution in [1.82, 2.24) is 0 Å². The number of hydrogen-bond donors (Lipinski definition) is 3. The average Bonchev–Trinajstić information content (AvgIpc) is 2.67. The molecule has 0 atom stereocenters. The minimum Gasteiger partial charge on any atom is -0.507 e. The molecule has 0 aliphatic carbocycles. The molecular weight excluding hydrogens is 390 g/mol. The lowest BCUT2D eigenvalue weighted by Gasteiger charge is -2.09. The molecule has 158 valence electrons. The molecule has 0 bridgehead atoms. The Balaban J connectivity index is 1.89. The van der Waals surface area contributed by atoms with Gasteiger partial charge < -0.3 is 19.7 Å². The summed E-state index contributed by atoms with van der Waals surface area (Å²) in [6, 6.07) is 5.69. The van der Waals surface area contributed by atoms with Crippen LogP contribution in [0.5, 0.6) is 11.5 Å². The molecule has 0 saturated carbocycles. The minimum absolute atomic E-state index is 0.0622. The number of benzene rings is 2. The molecule has 8 heteroatoms. The van der Waals surface area contributed by atoms with Crippen LogP contribution in [0.15, 0.2) is 24.3 Å². The van der Waals surface area contributed by atoms with E-state index in [9.17, 15) is 24.6 Å². The van der Waals surface area contributed by atoms with Crippen LogP contribution >= 0.6 is 0 Å². The summed E-state index contributed by atoms with van der Waals surface area (Å²) in [5.74, 6) is -2.85. The molecule has 3 N–H and O–H groups in total. The van der Waals surface area contributed by atoms with Gasteiger partial charge in [0.2, 0.25) is 0 Å². The number of nitrogens with one attached hydrogen (secondary N) is 1. The Kier molecular flexibility index (Phi) is 6.94. The van der Waals surface area contributed by atoms with E-state index < -0.39 is 23.8 Å². The highest BCUT2D eigenvalue weighted by molar-refractivity contribution is 6.00. The molecule has 2 aromatic carbocycles. The molecule has 0 heterocycles. The summed E-state index contributed by atoms with van der Waals surface area (Å²) in [7, 11) is 0. The van der Waals surface area contributed by atoms with Crippen molar-refractivity contribution in [3.63, 3.8) is 0 Å². The van der Waals surface area contributed by atoms with E-state index in [4.69, 9.17) is 14.9 Å². The molecule has 0 spiro atoms. The van der Waals surface area contributed by atoms with Crippen molar-refractivity contribution >= 4 is 23.8 Å². The molecule has 0 unspecified atom stereocenters. The number of carbonyl (C=O) groups is 3. The summed E-state index contributed by atoms with van der Waals surface area (Å²) in [5, 5.41) is 27.2. The van der Waals surface area contributed by atoms with Crippen molar-refractivity contribution < 1.29 is 34.1 Å². The van der Waals surface area contributed by atoms with Gasteiger partial charge in [0.05, 0.1) is 17.5 Å². The van der Waals surface area contributed by atoms with Gasteiger partial charge in [-0.1, -0.05) is 0 Å². The monoisotopic (exact) mass is 413 g/mol. The van der Waals surface area contributed by atoms with Crippen LogP contribution in [0.4, 0.5) is 0 Å². The largest absolute Gasteiger partial charge is 0.507 e. The van der Waals surface area contributed by atoms with Gasteiger partial charge in [-0.25, -0.2) is 9.59 Å². The predicted molar refractivity (Wildman–Crippen MR) is 108 cm³/mol. The number of phenols is 2. The summed E-state index contributed by atoms with van der Waals surface area (Å²) >= 11 is 0. The van der Waals surface area contributed by atoms with Crippen molar-refractivity contribution in [2.45, 2.75) is 40.5 Å². The lowest BCUT2D eigenvalue weighted by Crippen LogP contribution is -2.17. The number of carbonyl (C=O) groups excluding carboxylic acids is 3. The summed E-state index contributed by atoms with van der Waals surface area (Å²) in [4.78, 5) is 36.1. The van der Waals surface area contributed by atoms with Gasteiger partial charge in [0, 0.05) is 6.42 Å². The third-order valence-electron chi connectivity index (χ3n) is 4.43. The molecule has 30 heavy (non-hydrogen) atoms. The molecule has 2 rings (SSSR count). The van der Waals surface area contributed by atoms with Crippen LogP contribution in [-0.2, 0) is 14.3 Å². The van der Waals surface area contributed by atoms with Gasteiger partial charge in [0.25, 0.3) is 0 Å². The van der Waals surface area contributed by atoms with Gasteiger partial charge in [-0.2, -0.15) is 0 Å². The SMILES string of the molecule is Cc1cc(C(=O)OC(=N)CCC(=O)OC(=O)c2cc(C)c(O)c(C)c2)cc(C)c1O. The minimum atomic E-state index is -0.875. The second-order valence-electron chi connectivity index (χ2n) is 6.99. The van der Waals surface area contributed by atoms with Crippen LogP contribution in [0.25, 0.3) is 0 Å². The highest BCUT2D eigenvalue weighted by atomic mass is 16.6. The molecule has 0 radical (unpaired) electrons. The fraction of sp³-hybridized carbons (Fsp3) is 0.273. The number of aryl methyl sites for hydroxylation is 4. The zero-order valence-corrected chi connectivity index (χ0v) is 17.2. The predicted octanol–water partition coefficient (Wildman–Crippen LogP) is 3.63. The third-order valence-corrected chi connectivity index (χ3v) is 4.43. The van der Waals surface area contributed by atoms with Crippen LogP contribution in [0, 0.1) is 33.1 Å². The van der Waals surface area contributed by atoms with Gasteiger partial charge in [-0.05, 0) is 74.2 Å². The first-order valence-corrected chi connectivity index (χ1v) is 9.14. The molecule has 0 amide bonds. The molecule has 0 aliphatic rings. The second-order valence-corrected chi connectivity index (χ2v) is 6.99. The number of aromatic hydroxyl groups is 2. The quantitative estimate of drug-likeness (QED) is 0.295. The number of hydrogen-bond acceptors (Lipinski definition) is 8.